The van der Waals surface area contributed by atoms with Crippen molar-refractivity contribution in [2.75, 3.05) is 0 Å². The van der Waals surface area contributed by atoms with Crippen LogP contribution in [0.5, 0.6) is 0 Å². The molecule has 0 bridgehead atoms. The van der Waals surface area contributed by atoms with Gasteiger partial charge in [-0.1, -0.05) is 56.9 Å². The highest BCUT2D eigenvalue weighted by Gasteiger charge is 1.96. The number of rotatable bonds is 0. The number of benzene rings is 1. The summed E-state index contributed by atoms with van der Waals surface area (Å²) in [5, 5.41) is 1.44. The van der Waals surface area contributed by atoms with E-state index in [1.807, 2.05) is 0 Å². The second-order valence-corrected chi connectivity index (χ2v) is 3.61. The van der Waals surface area contributed by atoms with Gasteiger partial charge in [0.15, 0.2) is 0 Å². The van der Waals surface area contributed by atoms with Gasteiger partial charge in [-0.3, -0.25) is 0 Å². The van der Waals surface area contributed by atoms with E-state index in [0.717, 1.165) is 8.58 Å². The van der Waals surface area contributed by atoms with E-state index in [1.54, 1.807) is 0 Å². The van der Waals surface area contributed by atoms with Gasteiger partial charge < -0.3 is 0 Å². The molecule has 11 heavy (non-hydrogen) atoms. The molecule has 1 heterocycles. The first-order chi connectivity index (χ1) is 5.47. The fourth-order valence-corrected chi connectivity index (χ4v) is 2.04. The molecule has 1 aliphatic heterocycles. The number of allylic oxidation sites excluding steroid dienone is 2. The first kappa shape index (κ1) is 6.82. The zero-order valence-electron chi connectivity index (χ0n) is 6.12. The smallest absolute Gasteiger partial charge is 0.0160 e. The van der Waals surface area contributed by atoms with Crippen LogP contribution in [0.2, 0.25) is 0 Å². The second kappa shape index (κ2) is 3.02. The van der Waals surface area contributed by atoms with Crippen LogP contribution in [-0.4, -0.2) is 0 Å². The van der Waals surface area contributed by atoms with Crippen LogP contribution in [0.3, 0.4) is 0 Å². The molecule has 1 unspecified atom stereocenters. The summed E-state index contributed by atoms with van der Waals surface area (Å²) in [7, 11) is 0.823. The molecule has 0 aromatic heterocycles. The van der Waals surface area contributed by atoms with Crippen molar-refractivity contribution in [2.45, 2.75) is 0 Å². The van der Waals surface area contributed by atoms with Crippen molar-refractivity contribution in [2.24, 2.45) is 0 Å². The van der Waals surface area contributed by atoms with Gasteiger partial charge in [-0.2, -0.15) is 0 Å². The maximum Gasteiger partial charge on any atom is -0.0160 e. The molecule has 1 aromatic rings. The molecule has 0 saturated carbocycles. The van der Waals surface area contributed by atoms with Crippen molar-refractivity contribution in [3.63, 3.8) is 0 Å². The lowest BCUT2D eigenvalue weighted by molar-refractivity contribution is 1.72. The Labute approximate surface area is 68.4 Å². The van der Waals surface area contributed by atoms with Gasteiger partial charge in [0.05, 0.1) is 0 Å². The van der Waals surface area contributed by atoms with Crippen LogP contribution in [0.25, 0.3) is 6.08 Å². The SMILES string of the molecule is C1=CPc2ccccc2C=C1. The number of fused-ring (bicyclic) bond motifs is 1. The van der Waals surface area contributed by atoms with Crippen molar-refractivity contribution in [3.05, 3.63) is 47.8 Å². The summed E-state index contributed by atoms with van der Waals surface area (Å²) >= 11 is 0. The van der Waals surface area contributed by atoms with Gasteiger partial charge in [-0.05, 0) is 10.9 Å². The van der Waals surface area contributed by atoms with Gasteiger partial charge >= 0.3 is 0 Å². The molecule has 1 heteroatoms. The highest BCUT2D eigenvalue weighted by Crippen LogP contribution is 2.18. The third-order valence-electron chi connectivity index (χ3n) is 1.68. The van der Waals surface area contributed by atoms with Crippen LogP contribution in [0.4, 0.5) is 0 Å². The second-order valence-electron chi connectivity index (χ2n) is 2.45. The molecule has 0 fully saturated rings. The van der Waals surface area contributed by atoms with Crippen LogP contribution in [0, 0.1) is 0 Å². The topological polar surface area (TPSA) is 0 Å². The molecule has 0 spiro atoms. The van der Waals surface area contributed by atoms with Gasteiger partial charge in [-0.25, -0.2) is 0 Å². The fraction of sp³-hybridized carbons (Fsp3) is 0. The van der Waals surface area contributed by atoms with Crippen molar-refractivity contribution >= 4 is 20.0 Å². The summed E-state index contributed by atoms with van der Waals surface area (Å²) < 4.78 is 0. The van der Waals surface area contributed by atoms with Crippen LogP contribution in [-0.2, 0) is 0 Å². The third kappa shape index (κ3) is 1.41. The predicted molar refractivity (Wildman–Crippen MR) is 52.6 cm³/mol. The minimum atomic E-state index is 0.823. The Balaban J connectivity index is 2.52. The molecule has 54 valence electrons. The zero-order valence-corrected chi connectivity index (χ0v) is 7.12. The lowest BCUT2D eigenvalue weighted by atomic mass is 10.2. The molecule has 2 rings (SSSR count). The Morgan fingerprint density at radius 2 is 1.91 bits per heavy atom. The van der Waals surface area contributed by atoms with Gasteiger partial charge in [0.1, 0.15) is 0 Å². The zero-order chi connectivity index (χ0) is 7.52. The quantitative estimate of drug-likeness (QED) is 0.511. The third-order valence-corrected chi connectivity index (χ3v) is 2.81. The van der Waals surface area contributed by atoms with E-state index < -0.39 is 0 Å². The predicted octanol–water partition coefficient (Wildman–Crippen LogP) is 2.53. The van der Waals surface area contributed by atoms with Crippen LogP contribution in [0.15, 0.2) is 42.2 Å². The van der Waals surface area contributed by atoms with Crippen molar-refractivity contribution in [1.29, 1.82) is 0 Å². The average Bonchev–Trinajstić information content (AvgIpc) is 2.28. The van der Waals surface area contributed by atoms with Crippen molar-refractivity contribution in [1.82, 2.24) is 0 Å². The molecule has 1 aromatic carbocycles. The largest absolute Gasteiger partial charge is 0.0663 e. The summed E-state index contributed by atoms with van der Waals surface area (Å²) in [6.07, 6.45) is 6.36. The van der Waals surface area contributed by atoms with E-state index >= 15 is 0 Å². The monoisotopic (exact) mass is 160 g/mol. The van der Waals surface area contributed by atoms with Gasteiger partial charge in [-0.15, -0.1) is 0 Å². The highest BCUT2D eigenvalue weighted by molar-refractivity contribution is 7.50. The molecule has 0 radical (unpaired) electrons. The first-order valence-corrected chi connectivity index (χ1v) is 4.73. The lowest BCUT2D eigenvalue weighted by Gasteiger charge is -1.99. The Morgan fingerprint density at radius 3 is 2.91 bits per heavy atom. The van der Waals surface area contributed by atoms with E-state index in [1.165, 1.54) is 10.9 Å². The molecule has 1 atom stereocenters. The summed E-state index contributed by atoms with van der Waals surface area (Å²) in [6, 6.07) is 8.53. The fourth-order valence-electron chi connectivity index (χ4n) is 1.13. The average molecular weight is 160 g/mol. The Kier molecular flexibility index (Phi) is 1.87. The van der Waals surface area contributed by atoms with E-state index in [2.05, 4.69) is 48.3 Å². The minimum absolute atomic E-state index is 0.823. The van der Waals surface area contributed by atoms with Gasteiger partial charge in [0.2, 0.25) is 0 Å². The van der Waals surface area contributed by atoms with Crippen LogP contribution < -0.4 is 5.30 Å². The van der Waals surface area contributed by atoms with Gasteiger partial charge in [0, 0.05) is 0 Å². The normalized spacial score (nSPS) is 16.4. The standard InChI is InChI=1S/C10H9P/c1-2-7-10-9(5-1)6-3-4-8-11-10/h1-8,11H. The minimum Gasteiger partial charge on any atom is -0.0663 e. The molecule has 0 N–H and O–H groups in total. The Morgan fingerprint density at radius 1 is 1.00 bits per heavy atom. The molecule has 0 saturated heterocycles. The molecule has 1 aliphatic rings. The van der Waals surface area contributed by atoms with Crippen molar-refractivity contribution < 1.29 is 0 Å². The summed E-state index contributed by atoms with van der Waals surface area (Å²) in [4.78, 5) is 0. The summed E-state index contributed by atoms with van der Waals surface area (Å²) in [6.45, 7) is 0. The van der Waals surface area contributed by atoms with Crippen LogP contribution >= 0.6 is 8.58 Å². The summed E-state index contributed by atoms with van der Waals surface area (Å²) in [5.74, 6) is 2.21. The molecule has 0 aliphatic carbocycles. The lowest BCUT2D eigenvalue weighted by Crippen LogP contribution is -1.95. The number of hydrogen-bond donors (Lipinski definition) is 0. The molecular formula is C10H9P. The van der Waals surface area contributed by atoms with E-state index in [-0.39, 0.29) is 0 Å². The maximum absolute atomic E-state index is 2.21. The van der Waals surface area contributed by atoms with E-state index in [4.69, 9.17) is 0 Å². The Hall–Kier alpha value is -0.870. The Bertz CT molecular complexity index is 310. The maximum atomic E-state index is 2.21. The molecular weight excluding hydrogens is 151 g/mol. The van der Waals surface area contributed by atoms with Crippen molar-refractivity contribution in [3.8, 4) is 0 Å². The van der Waals surface area contributed by atoms with Crippen LogP contribution in [0.1, 0.15) is 5.56 Å². The van der Waals surface area contributed by atoms with E-state index in [9.17, 15) is 0 Å². The number of hydrogen-bond acceptors (Lipinski definition) is 0. The highest BCUT2D eigenvalue weighted by atomic mass is 31.1. The summed E-state index contributed by atoms with van der Waals surface area (Å²) in [5.41, 5.74) is 1.36. The van der Waals surface area contributed by atoms with Gasteiger partial charge in [0.25, 0.3) is 0 Å². The molecule has 0 nitrogen and oxygen atoms in total. The first-order valence-electron chi connectivity index (χ1n) is 3.65. The van der Waals surface area contributed by atoms with E-state index in [0.29, 0.717) is 0 Å². The molecule has 0 amide bonds.